The van der Waals surface area contributed by atoms with E-state index in [0.717, 1.165) is 18.8 Å². The summed E-state index contributed by atoms with van der Waals surface area (Å²) in [5.41, 5.74) is 1.15. The van der Waals surface area contributed by atoms with Gasteiger partial charge in [-0.05, 0) is 40.1 Å². The number of aryl methyl sites for hydroxylation is 1. The molecular weight excluding hydrogens is 212 g/mol. The van der Waals surface area contributed by atoms with Crippen LogP contribution in [0, 0.1) is 0 Å². The van der Waals surface area contributed by atoms with Crippen LogP contribution >= 0.6 is 0 Å². The van der Waals surface area contributed by atoms with Crippen LogP contribution in [0.2, 0.25) is 0 Å². The first-order chi connectivity index (χ1) is 7.97. The first-order valence-electron chi connectivity index (χ1n) is 6.39. The Morgan fingerprint density at radius 1 is 1.41 bits per heavy atom. The third-order valence-corrected chi connectivity index (χ3v) is 3.60. The van der Waals surface area contributed by atoms with Crippen LogP contribution in [0.1, 0.15) is 39.4 Å². The molecule has 0 aliphatic heterocycles. The number of likely N-dealkylation sites (N-methyl/N-ethyl adjacent to an activating group) is 2. The van der Waals surface area contributed by atoms with Crippen LogP contribution < -0.4 is 5.32 Å². The Kier molecular flexibility index (Phi) is 4.71. The van der Waals surface area contributed by atoms with Gasteiger partial charge in [0.05, 0.1) is 11.7 Å². The first-order valence-corrected chi connectivity index (χ1v) is 6.39. The van der Waals surface area contributed by atoms with Gasteiger partial charge in [-0.2, -0.15) is 5.10 Å². The lowest BCUT2D eigenvalue weighted by molar-refractivity contribution is 0.0926. The molecule has 98 valence electrons. The van der Waals surface area contributed by atoms with Crippen LogP contribution in [0.15, 0.2) is 12.3 Å². The molecule has 1 aromatic rings. The van der Waals surface area contributed by atoms with E-state index in [4.69, 9.17) is 0 Å². The molecule has 0 aromatic carbocycles. The standard InChI is InChI=1S/C13H26N4/c1-7-17(8-2)13(3,4)12(14-5)11-9-10-16(6)15-11/h9-10,12,14H,7-8H2,1-6H3. The maximum absolute atomic E-state index is 4.53. The average Bonchev–Trinajstić information content (AvgIpc) is 2.66. The molecule has 0 saturated heterocycles. The monoisotopic (exact) mass is 238 g/mol. The van der Waals surface area contributed by atoms with Gasteiger partial charge in [0, 0.05) is 18.8 Å². The van der Waals surface area contributed by atoms with Crippen LogP contribution in [0.3, 0.4) is 0 Å². The number of nitrogens with one attached hydrogen (secondary N) is 1. The van der Waals surface area contributed by atoms with Crippen molar-refractivity contribution in [2.75, 3.05) is 20.1 Å². The van der Waals surface area contributed by atoms with E-state index in [1.54, 1.807) is 0 Å². The average molecular weight is 238 g/mol. The van der Waals surface area contributed by atoms with Gasteiger partial charge in [-0.3, -0.25) is 9.58 Å². The predicted molar refractivity (Wildman–Crippen MR) is 72.0 cm³/mol. The quantitative estimate of drug-likeness (QED) is 0.820. The second-order valence-corrected chi connectivity index (χ2v) is 4.96. The maximum Gasteiger partial charge on any atom is 0.0812 e. The summed E-state index contributed by atoms with van der Waals surface area (Å²) in [4.78, 5) is 2.46. The van der Waals surface area contributed by atoms with Crippen molar-refractivity contribution in [1.29, 1.82) is 0 Å². The minimum atomic E-state index is 0.0482. The Morgan fingerprint density at radius 2 is 2.00 bits per heavy atom. The molecule has 1 N–H and O–H groups in total. The van der Waals surface area contributed by atoms with Crippen LogP contribution in [0.4, 0.5) is 0 Å². The van der Waals surface area contributed by atoms with Crippen molar-refractivity contribution in [3.05, 3.63) is 18.0 Å². The van der Waals surface area contributed by atoms with Crippen molar-refractivity contribution in [3.63, 3.8) is 0 Å². The van der Waals surface area contributed by atoms with Gasteiger partial charge in [0.25, 0.3) is 0 Å². The van der Waals surface area contributed by atoms with Gasteiger partial charge in [-0.15, -0.1) is 0 Å². The molecule has 4 nitrogen and oxygen atoms in total. The maximum atomic E-state index is 4.53. The third kappa shape index (κ3) is 2.87. The molecular formula is C13H26N4. The molecule has 4 heteroatoms. The van der Waals surface area contributed by atoms with Gasteiger partial charge < -0.3 is 5.32 Å². The zero-order chi connectivity index (χ0) is 13.1. The number of nitrogens with zero attached hydrogens (tertiary/aromatic N) is 3. The van der Waals surface area contributed by atoms with Crippen LogP contribution in [0.5, 0.6) is 0 Å². The summed E-state index contributed by atoms with van der Waals surface area (Å²) < 4.78 is 1.86. The zero-order valence-corrected chi connectivity index (χ0v) is 12.0. The topological polar surface area (TPSA) is 33.1 Å². The molecule has 1 atom stereocenters. The van der Waals surface area contributed by atoms with Gasteiger partial charge in [0.15, 0.2) is 0 Å². The summed E-state index contributed by atoms with van der Waals surface area (Å²) in [6, 6.07) is 2.33. The van der Waals surface area contributed by atoms with Gasteiger partial charge >= 0.3 is 0 Å². The molecule has 0 fully saturated rings. The molecule has 0 aliphatic carbocycles. The Hall–Kier alpha value is -0.870. The summed E-state index contributed by atoms with van der Waals surface area (Å²) in [7, 11) is 3.96. The molecule has 1 rings (SSSR count). The lowest BCUT2D eigenvalue weighted by Gasteiger charge is -2.42. The Labute approximate surface area is 105 Å². The summed E-state index contributed by atoms with van der Waals surface area (Å²) in [5, 5.41) is 7.93. The summed E-state index contributed by atoms with van der Waals surface area (Å²) in [6.07, 6.45) is 2.00. The van der Waals surface area contributed by atoms with Crippen molar-refractivity contribution < 1.29 is 0 Å². The van der Waals surface area contributed by atoms with E-state index in [1.165, 1.54) is 0 Å². The summed E-state index contributed by atoms with van der Waals surface area (Å²) in [6.45, 7) is 11.1. The van der Waals surface area contributed by atoms with E-state index < -0.39 is 0 Å². The van der Waals surface area contributed by atoms with E-state index in [2.05, 4.69) is 49.1 Å². The number of rotatable bonds is 6. The highest BCUT2D eigenvalue weighted by Gasteiger charge is 2.35. The van der Waals surface area contributed by atoms with Gasteiger partial charge in [-0.1, -0.05) is 13.8 Å². The number of hydrogen-bond acceptors (Lipinski definition) is 3. The molecule has 0 bridgehead atoms. The highest BCUT2D eigenvalue weighted by atomic mass is 15.3. The van der Waals surface area contributed by atoms with Crippen molar-refractivity contribution in [2.45, 2.75) is 39.3 Å². The van der Waals surface area contributed by atoms with Gasteiger partial charge in [0.2, 0.25) is 0 Å². The van der Waals surface area contributed by atoms with E-state index in [0.29, 0.717) is 0 Å². The van der Waals surface area contributed by atoms with Gasteiger partial charge in [-0.25, -0.2) is 0 Å². The Balaban J connectivity index is 3.00. The smallest absolute Gasteiger partial charge is 0.0812 e. The van der Waals surface area contributed by atoms with Crippen molar-refractivity contribution in [1.82, 2.24) is 20.0 Å². The van der Waals surface area contributed by atoms with E-state index >= 15 is 0 Å². The minimum absolute atomic E-state index is 0.0482. The van der Waals surface area contributed by atoms with E-state index in [1.807, 2.05) is 25.0 Å². The van der Waals surface area contributed by atoms with Crippen LogP contribution in [0.25, 0.3) is 0 Å². The normalized spacial score (nSPS) is 14.3. The first kappa shape index (κ1) is 14.2. The largest absolute Gasteiger partial charge is 0.310 e. The molecule has 0 radical (unpaired) electrons. The lowest BCUT2D eigenvalue weighted by atomic mass is 9.90. The van der Waals surface area contributed by atoms with Gasteiger partial charge in [0.1, 0.15) is 0 Å². The van der Waals surface area contributed by atoms with Crippen molar-refractivity contribution in [3.8, 4) is 0 Å². The molecule has 0 aliphatic rings. The molecule has 0 amide bonds. The van der Waals surface area contributed by atoms with Crippen LogP contribution in [-0.4, -0.2) is 40.4 Å². The highest BCUT2D eigenvalue weighted by Crippen LogP contribution is 2.29. The molecule has 17 heavy (non-hydrogen) atoms. The van der Waals surface area contributed by atoms with Crippen molar-refractivity contribution in [2.24, 2.45) is 7.05 Å². The van der Waals surface area contributed by atoms with Crippen LogP contribution in [-0.2, 0) is 7.05 Å². The summed E-state index contributed by atoms with van der Waals surface area (Å²) in [5.74, 6) is 0. The fraction of sp³-hybridized carbons (Fsp3) is 0.769. The molecule has 1 aromatic heterocycles. The second kappa shape index (κ2) is 5.65. The Bertz CT molecular complexity index is 339. The number of aromatic nitrogens is 2. The minimum Gasteiger partial charge on any atom is -0.310 e. The molecule has 1 unspecified atom stereocenters. The fourth-order valence-corrected chi connectivity index (χ4v) is 2.67. The molecule has 0 saturated carbocycles. The Morgan fingerprint density at radius 3 is 2.35 bits per heavy atom. The molecule has 0 spiro atoms. The predicted octanol–water partition coefficient (Wildman–Crippen LogP) is 1.80. The van der Waals surface area contributed by atoms with E-state index in [-0.39, 0.29) is 11.6 Å². The van der Waals surface area contributed by atoms with Crippen molar-refractivity contribution >= 4 is 0 Å². The summed E-state index contributed by atoms with van der Waals surface area (Å²) >= 11 is 0. The fourth-order valence-electron chi connectivity index (χ4n) is 2.67. The zero-order valence-electron chi connectivity index (χ0n) is 12.0. The lowest BCUT2D eigenvalue weighted by Crippen LogP contribution is -2.52. The third-order valence-electron chi connectivity index (χ3n) is 3.60. The number of hydrogen-bond donors (Lipinski definition) is 1. The SMILES string of the molecule is CCN(CC)C(C)(C)C(NC)c1ccn(C)n1. The van der Waals surface area contributed by atoms with E-state index in [9.17, 15) is 0 Å². The molecule has 1 heterocycles. The second-order valence-electron chi connectivity index (χ2n) is 4.96. The highest BCUT2D eigenvalue weighted by molar-refractivity contribution is 5.12.